The third-order valence-electron chi connectivity index (χ3n) is 4.20. The van der Waals surface area contributed by atoms with Crippen LogP contribution in [-0.4, -0.2) is 29.5 Å². The number of benzene rings is 2. The van der Waals surface area contributed by atoms with Crippen molar-refractivity contribution in [3.8, 4) is 0 Å². The van der Waals surface area contributed by atoms with Gasteiger partial charge in [-0.05, 0) is 30.2 Å². The Kier molecular flexibility index (Phi) is 6.13. The van der Waals surface area contributed by atoms with E-state index >= 15 is 0 Å². The van der Waals surface area contributed by atoms with Crippen LogP contribution in [0.5, 0.6) is 0 Å². The first-order valence-corrected chi connectivity index (χ1v) is 9.65. The topological polar surface area (TPSA) is 87.3 Å². The lowest BCUT2D eigenvalue weighted by molar-refractivity contribution is -0.125. The van der Waals surface area contributed by atoms with Gasteiger partial charge in [0.1, 0.15) is 0 Å². The summed E-state index contributed by atoms with van der Waals surface area (Å²) in [7, 11) is 0. The molecule has 0 saturated heterocycles. The molecular weight excluding hydrogens is 362 g/mol. The zero-order valence-electron chi connectivity index (χ0n) is 15.0. The summed E-state index contributed by atoms with van der Waals surface area (Å²) < 4.78 is 0. The van der Waals surface area contributed by atoms with Crippen LogP contribution in [0.3, 0.4) is 0 Å². The predicted octanol–water partition coefficient (Wildman–Crippen LogP) is 2.81. The highest BCUT2D eigenvalue weighted by atomic mass is 32.2. The smallest absolute Gasteiger partial charge is 0.243 e. The molecule has 1 unspecified atom stereocenters. The molecule has 1 atom stereocenters. The second kappa shape index (κ2) is 8.73. The maximum absolute atomic E-state index is 12.2. The highest BCUT2D eigenvalue weighted by Gasteiger charge is 2.28. The molecule has 0 radical (unpaired) electrons. The molecule has 3 amide bonds. The first-order chi connectivity index (χ1) is 13.1. The van der Waals surface area contributed by atoms with Crippen molar-refractivity contribution in [2.45, 2.75) is 29.9 Å². The maximum atomic E-state index is 12.2. The monoisotopic (exact) mass is 383 g/mol. The molecular formula is C20H21N3O3S. The molecule has 3 N–H and O–H groups in total. The van der Waals surface area contributed by atoms with Gasteiger partial charge >= 0.3 is 0 Å². The Morgan fingerprint density at radius 3 is 2.63 bits per heavy atom. The van der Waals surface area contributed by atoms with E-state index in [9.17, 15) is 14.4 Å². The van der Waals surface area contributed by atoms with Crippen molar-refractivity contribution < 1.29 is 14.4 Å². The van der Waals surface area contributed by atoms with E-state index in [2.05, 4.69) is 16.0 Å². The summed E-state index contributed by atoms with van der Waals surface area (Å²) in [6.07, 6.45) is 0.821. The lowest BCUT2D eigenvalue weighted by Crippen LogP contribution is -2.38. The molecule has 2 aromatic rings. The number of amides is 3. The van der Waals surface area contributed by atoms with Gasteiger partial charge in [0.15, 0.2) is 0 Å². The number of nitrogens with one attached hydrogen (secondary N) is 3. The number of thioether (sulfide) groups is 1. The standard InChI is InChI=1S/C20H21N3O3S/c1-2-13-7-3-4-8-14(13)22-19(25)12-21-18(24)11-17-20(26)23-15-9-5-6-10-16(15)27-17/h3-10,17H,2,11-12H2,1H3,(H,21,24)(H,22,25)(H,23,26). The second-order valence-electron chi connectivity index (χ2n) is 6.13. The molecule has 3 rings (SSSR count). The van der Waals surface area contributed by atoms with E-state index in [-0.39, 0.29) is 30.7 Å². The van der Waals surface area contributed by atoms with Crippen LogP contribution in [0.25, 0.3) is 0 Å². The summed E-state index contributed by atoms with van der Waals surface area (Å²) in [6, 6.07) is 15.0. The number of anilines is 2. The number of carbonyl (C=O) groups is 3. The van der Waals surface area contributed by atoms with E-state index in [0.29, 0.717) is 0 Å². The quantitative estimate of drug-likeness (QED) is 0.716. The molecule has 0 aromatic heterocycles. The van der Waals surface area contributed by atoms with Crippen molar-refractivity contribution in [1.29, 1.82) is 0 Å². The summed E-state index contributed by atoms with van der Waals surface area (Å²) in [5.41, 5.74) is 2.54. The summed E-state index contributed by atoms with van der Waals surface area (Å²) in [5, 5.41) is 7.69. The second-order valence-corrected chi connectivity index (χ2v) is 7.38. The first kappa shape index (κ1) is 19.0. The molecule has 2 aromatic carbocycles. The molecule has 0 saturated carbocycles. The number of rotatable bonds is 6. The van der Waals surface area contributed by atoms with Crippen LogP contribution < -0.4 is 16.0 Å². The average molecular weight is 383 g/mol. The largest absolute Gasteiger partial charge is 0.347 e. The minimum absolute atomic E-state index is 0.0175. The molecule has 27 heavy (non-hydrogen) atoms. The van der Waals surface area contributed by atoms with Gasteiger partial charge in [-0.3, -0.25) is 14.4 Å². The molecule has 0 fully saturated rings. The summed E-state index contributed by atoms with van der Waals surface area (Å²) in [4.78, 5) is 37.3. The number of carbonyl (C=O) groups excluding carboxylic acids is 3. The van der Waals surface area contributed by atoms with E-state index < -0.39 is 5.25 Å². The molecule has 0 bridgehead atoms. The van der Waals surface area contributed by atoms with E-state index in [0.717, 1.165) is 28.3 Å². The van der Waals surface area contributed by atoms with Gasteiger partial charge in [-0.25, -0.2) is 0 Å². The minimum atomic E-state index is -0.510. The average Bonchev–Trinajstić information content (AvgIpc) is 2.67. The van der Waals surface area contributed by atoms with Gasteiger partial charge in [-0.15, -0.1) is 11.8 Å². The molecule has 1 heterocycles. The van der Waals surface area contributed by atoms with Gasteiger partial charge in [0.25, 0.3) is 0 Å². The molecule has 0 aliphatic carbocycles. The maximum Gasteiger partial charge on any atom is 0.243 e. The minimum Gasteiger partial charge on any atom is -0.347 e. The lowest BCUT2D eigenvalue weighted by atomic mass is 10.1. The summed E-state index contributed by atoms with van der Waals surface area (Å²) in [6.45, 7) is 1.88. The number of hydrogen-bond acceptors (Lipinski definition) is 4. The SMILES string of the molecule is CCc1ccccc1NC(=O)CNC(=O)CC1Sc2ccccc2NC1=O. The molecule has 140 valence electrons. The number of hydrogen-bond donors (Lipinski definition) is 3. The van der Waals surface area contributed by atoms with E-state index in [4.69, 9.17) is 0 Å². The van der Waals surface area contributed by atoms with Crippen LogP contribution >= 0.6 is 11.8 Å². The van der Waals surface area contributed by atoms with Gasteiger partial charge < -0.3 is 16.0 Å². The number of aryl methyl sites for hydroxylation is 1. The third kappa shape index (κ3) is 4.89. The van der Waals surface area contributed by atoms with Crippen molar-refractivity contribution in [3.63, 3.8) is 0 Å². The van der Waals surface area contributed by atoms with Crippen LogP contribution in [0.1, 0.15) is 18.9 Å². The highest BCUT2D eigenvalue weighted by Crippen LogP contribution is 2.36. The Bertz CT molecular complexity index is 869. The van der Waals surface area contributed by atoms with Gasteiger partial charge in [0, 0.05) is 17.0 Å². The van der Waals surface area contributed by atoms with Crippen molar-refractivity contribution in [1.82, 2.24) is 5.32 Å². The Morgan fingerprint density at radius 1 is 1.07 bits per heavy atom. The molecule has 1 aliphatic heterocycles. The van der Waals surface area contributed by atoms with Gasteiger partial charge in [-0.1, -0.05) is 37.3 Å². The fraction of sp³-hybridized carbons (Fsp3) is 0.250. The summed E-state index contributed by atoms with van der Waals surface area (Å²) >= 11 is 1.36. The third-order valence-corrected chi connectivity index (χ3v) is 5.47. The first-order valence-electron chi connectivity index (χ1n) is 8.78. The Hall–Kier alpha value is -2.80. The fourth-order valence-corrected chi connectivity index (χ4v) is 3.90. The van der Waals surface area contributed by atoms with Crippen molar-refractivity contribution in [2.75, 3.05) is 17.2 Å². The normalized spacial score (nSPS) is 15.4. The zero-order valence-corrected chi connectivity index (χ0v) is 15.8. The molecule has 1 aliphatic rings. The van der Waals surface area contributed by atoms with Crippen LogP contribution in [0.15, 0.2) is 53.4 Å². The van der Waals surface area contributed by atoms with Gasteiger partial charge in [-0.2, -0.15) is 0 Å². The van der Waals surface area contributed by atoms with E-state index in [1.807, 2.05) is 55.5 Å². The van der Waals surface area contributed by atoms with Crippen LogP contribution in [0.4, 0.5) is 11.4 Å². The number of fused-ring (bicyclic) bond motifs is 1. The highest BCUT2D eigenvalue weighted by molar-refractivity contribution is 8.01. The van der Waals surface area contributed by atoms with Crippen LogP contribution in [0.2, 0.25) is 0 Å². The van der Waals surface area contributed by atoms with Gasteiger partial charge in [0.05, 0.1) is 17.5 Å². The van der Waals surface area contributed by atoms with Crippen molar-refractivity contribution in [2.24, 2.45) is 0 Å². The van der Waals surface area contributed by atoms with Crippen molar-refractivity contribution in [3.05, 3.63) is 54.1 Å². The van der Waals surface area contributed by atoms with E-state index in [1.54, 1.807) is 0 Å². The number of para-hydroxylation sites is 2. The molecule has 7 heteroatoms. The summed E-state index contributed by atoms with van der Waals surface area (Å²) in [5.74, 6) is -0.827. The molecule has 6 nitrogen and oxygen atoms in total. The van der Waals surface area contributed by atoms with E-state index in [1.165, 1.54) is 11.8 Å². The zero-order chi connectivity index (χ0) is 19.2. The van der Waals surface area contributed by atoms with Crippen LogP contribution in [0, 0.1) is 0 Å². The Balaban J connectivity index is 1.50. The molecule has 0 spiro atoms. The van der Waals surface area contributed by atoms with Crippen LogP contribution in [-0.2, 0) is 20.8 Å². The predicted molar refractivity (Wildman–Crippen MR) is 107 cm³/mol. The lowest BCUT2D eigenvalue weighted by Gasteiger charge is -2.23. The fourth-order valence-electron chi connectivity index (χ4n) is 2.79. The Morgan fingerprint density at radius 2 is 1.81 bits per heavy atom. The Labute approximate surface area is 162 Å². The van der Waals surface area contributed by atoms with Gasteiger partial charge in [0.2, 0.25) is 17.7 Å². The van der Waals surface area contributed by atoms with Crippen molar-refractivity contribution >= 4 is 40.9 Å².